The van der Waals surface area contributed by atoms with Crippen LogP contribution >= 0.6 is 0 Å². The quantitative estimate of drug-likeness (QED) is 0.553. The van der Waals surface area contributed by atoms with E-state index in [-0.39, 0.29) is 10.8 Å². The van der Waals surface area contributed by atoms with Gasteiger partial charge < -0.3 is 14.8 Å². The third-order valence-corrected chi connectivity index (χ3v) is 6.95. The number of carbonyl (C=O) groups excluding carboxylic acids is 1. The van der Waals surface area contributed by atoms with Gasteiger partial charge in [-0.3, -0.25) is 0 Å². The molecule has 3 heterocycles. The minimum atomic E-state index is -4.90. The van der Waals surface area contributed by atoms with Crippen molar-refractivity contribution in [3.05, 3.63) is 47.8 Å². The number of nitrogens with two attached hydrogens (primary N) is 1. The number of benzene rings is 1. The van der Waals surface area contributed by atoms with Crippen LogP contribution in [0.15, 0.2) is 45.9 Å². The third kappa shape index (κ3) is 4.66. The van der Waals surface area contributed by atoms with E-state index in [0.717, 1.165) is 30.0 Å². The zero-order valence-electron chi connectivity index (χ0n) is 18.0. The Morgan fingerprint density at radius 2 is 2.11 bits per heavy atom. The van der Waals surface area contributed by atoms with Gasteiger partial charge in [-0.2, -0.15) is 5.10 Å². The number of hydrogen-bond acceptors (Lipinski definition) is 6. The molecule has 184 valence electrons. The molecule has 3 aromatic rings. The second-order valence-corrected chi connectivity index (χ2v) is 9.65. The Hall–Kier alpha value is -3.65. The van der Waals surface area contributed by atoms with E-state index in [2.05, 4.69) is 24.5 Å². The lowest BCUT2D eigenvalue weighted by Crippen LogP contribution is -2.22. The van der Waals surface area contributed by atoms with Gasteiger partial charge in [0.2, 0.25) is 11.8 Å². The average molecular weight is 508 g/mol. The maximum absolute atomic E-state index is 13.1. The molecule has 2 aliphatic rings. The van der Waals surface area contributed by atoms with Crippen molar-refractivity contribution < 1.29 is 31.6 Å². The highest BCUT2D eigenvalue weighted by molar-refractivity contribution is 7.91. The minimum Gasteiger partial charge on any atom is -0.477 e. The molecular formula is C21H19F3N6O4S. The molecule has 0 fully saturated rings. The van der Waals surface area contributed by atoms with Crippen LogP contribution in [0.4, 0.5) is 23.7 Å². The van der Waals surface area contributed by atoms with Gasteiger partial charge in [0, 0.05) is 30.8 Å². The van der Waals surface area contributed by atoms with Crippen molar-refractivity contribution in [2.75, 3.05) is 11.9 Å². The van der Waals surface area contributed by atoms with Crippen LogP contribution in [0.5, 0.6) is 11.8 Å². The monoisotopic (exact) mass is 508 g/mol. The summed E-state index contributed by atoms with van der Waals surface area (Å²) in [5, 5.41) is 12.6. The van der Waals surface area contributed by atoms with Gasteiger partial charge in [-0.1, -0.05) is 12.1 Å². The van der Waals surface area contributed by atoms with E-state index in [9.17, 15) is 22.2 Å². The number of alkyl halides is 3. The number of halogens is 3. The standard InChI is InChI=1S/C21H19F3N6O4S/c22-21(23,24)34-17-10-13(6-7-26-17)15-5-3-12-2-4-14(12)18(15)28-20(31)29-35(25,32)16-11-27-30-8-1-9-33-19(16)30/h3,5-7,10-11H,1-2,4,8-9H2,(H3,25,28,29,31,32). The minimum absolute atomic E-state index is 0.0108. The summed E-state index contributed by atoms with van der Waals surface area (Å²) in [4.78, 5) is 16.4. The lowest BCUT2D eigenvalue weighted by Gasteiger charge is -2.25. The van der Waals surface area contributed by atoms with Gasteiger partial charge in [0.05, 0.1) is 18.5 Å². The first kappa shape index (κ1) is 23.1. The Morgan fingerprint density at radius 1 is 1.29 bits per heavy atom. The van der Waals surface area contributed by atoms with E-state index in [4.69, 9.17) is 9.88 Å². The summed E-state index contributed by atoms with van der Waals surface area (Å²) in [6, 6.07) is 5.12. The van der Waals surface area contributed by atoms with Crippen LogP contribution in [0.1, 0.15) is 17.5 Å². The number of aryl methyl sites for hydroxylation is 2. The fourth-order valence-electron chi connectivity index (χ4n) is 3.98. The van der Waals surface area contributed by atoms with Crippen LogP contribution < -0.4 is 19.9 Å². The number of anilines is 1. The smallest absolute Gasteiger partial charge is 0.477 e. The number of nitrogens with one attached hydrogen (secondary N) is 1. The number of hydrogen-bond donors (Lipinski definition) is 2. The second kappa shape index (κ2) is 8.53. The molecule has 1 aromatic carbocycles. The first-order valence-corrected chi connectivity index (χ1v) is 12.1. The van der Waals surface area contributed by atoms with Crippen molar-refractivity contribution in [2.45, 2.75) is 37.1 Å². The van der Waals surface area contributed by atoms with Gasteiger partial charge in [0.25, 0.3) is 0 Å². The number of ether oxygens (including phenoxy) is 2. The molecule has 3 N–H and O–H groups in total. The lowest BCUT2D eigenvalue weighted by atomic mass is 9.84. The molecule has 10 nitrogen and oxygen atoms in total. The van der Waals surface area contributed by atoms with Crippen molar-refractivity contribution in [1.82, 2.24) is 14.8 Å². The molecule has 0 spiro atoms. The topological polar surface area (TPSA) is 134 Å². The maximum Gasteiger partial charge on any atom is 0.574 e. The first-order valence-electron chi connectivity index (χ1n) is 10.5. The van der Waals surface area contributed by atoms with Crippen LogP contribution in [0, 0.1) is 0 Å². The first-order chi connectivity index (χ1) is 16.6. The Bertz CT molecular complexity index is 1450. The van der Waals surface area contributed by atoms with E-state index in [1.54, 1.807) is 6.07 Å². The van der Waals surface area contributed by atoms with E-state index >= 15 is 0 Å². The molecule has 5 rings (SSSR count). The van der Waals surface area contributed by atoms with Crippen molar-refractivity contribution in [1.29, 1.82) is 0 Å². The molecule has 14 heteroatoms. The zero-order valence-corrected chi connectivity index (χ0v) is 18.9. The zero-order chi connectivity index (χ0) is 24.8. The van der Waals surface area contributed by atoms with E-state index < -0.39 is 28.2 Å². The number of urea groups is 1. The fraction of sp³-hybridized carbons (Fsp3) is 0.286. The van der Waals surface area contributed by atoms with Crippen molar-refractivity contribution in [3.8, 4) is 22.9 Å². The summed E-state index contributed by atoms with van der Waals surface area (Å²) >= 11 is 0. The maximum atomic E-state index is 13.1. The molecule has 0 saturated carbocycles. The SMILES string of the molecule is NS(=O)(=NC(=O)Nc1c(-c2ccnc(OC(F)(F)F)c2)ccc2c1CC2)c1cnn2c1OCCC2. The predicted molar refractivity (Wildman–Crippen MR) is 118 cm³/mol. The Kier molecular flexibility index (Phi) is 5.63. The Morgan fingerprint density at radius 3 is 2.86 bits per heavy atom. The van der Waals surface area contributed by atoms with Gasteiger partial charge in [-0.25, -0.2) is 23.8 Å². The van der Waals surface area contributed by atoms with Gasteiger partial charge in [-0.05, 0) is 35.6 Å². The van der Waals surface area contributed by atoms with Gasteiger partial charge in [0.1, 0.15) is 4.90 Å². The molecule has 1 atom stereocenters. The third-order valence-electron chi connectivity index (χ3n) is 5.60. The molecule has 0 radical (unpaired) electrons. The summed E-state index contributed by atoms with van der Waals surface area (Å²) in [5.74, 6) is -0.436. The highest BCUT2D eigenvalue weighted by Crippen LogP contribution is 2.39. The molecule has 1 aliphatic carbocycles. The van der Waals surface area contributed by atoms with Gasteiger partial charge >= 0.3 is 12.4 Å². The predicted octanol–water partition coefficient (Wildman–Crippen LogP) is 3.66. The summed E-state index contributed by atoms with van der Waals surface area (Å²) in [6.45, 7) is 0.953. The number of amides is 2. The highest BCUT2D eigenvalue weighted by Gasteiger charge is 2.32. The summed E-state index contributed by atoms with van der Waals surface area (Å²) in [7, 11) is -3.69. The molecule has 1 aliphatic heterocycles. The molecule has 35 heavy (non-hydrogen) atoms. The van der Waals surface area contributed by atoms with Crippen molar-refractivity contribution in [3.63, 3.8) is 0 Å². The van der Waals surface area contributed by atoms with Crippen LogP contribution in [-0.4, -0.2) is 38.0 Å². The number of nitrogens with zero attached hydrogens (tertiary/aromatic N) is 4. The Labute approximate surface area is 197 Å². The summed E-state index contributed by atoms with van der Waals surface area (Å²) in [5.41, 5.74) is 2.87. The van der Waals surface area contributed by atoms with Crippen LogP contribution in [0.2, 0.25) is 0 Å². The number of fused-ring (bicyclic) bond motifs is 2. The number of carbonyl (C=O) groups is 1. The van der Waals surface area contributed by atoms with E-state index in [1.165, 1.54) is 23.1 Å². The van der Waals surface area contributed by atoms with Crippen LogP contribution in [0.3, 0.4) is 0 Å². The van der Waals surface area contributed by atoms with Crippen molar-refractivity contribution >= 4 is 21.6 Å². The molecular weight excluding hydrogens is 489 g/mol. The largest absolute Gasteiger partial charge is 0.574 e. The second-order valence-electron chi connectivity index (χ2n) is 7.89. The normalized spacial score (nSPS) is 16.1. The van der Waals surface area contributed by atoms with Gasteiger partial charge in [0.15, 0.2) is 9.92 Å². The number of pyridine rings is 1. The van der Waals surface area contributed by atoms with Gasteiger partial charge in [-0.15, -0.1) is 17.5 Å². The number of aromatic nitrogens is 3. The summed E-state index contributed by atoms with van der Waals surface area (Å²) in [6.07, 6.45) is -0.327. The Balaban J connectivity index is 1.48. The summed E-state index contributed by atoms with van der Waals surface area (Å²) < 4.78 is 65.6. The van der Waals surface area contributed by atoms with Crippen LogP contribution in [0.25, 0.3) is 11.1 Å². The van der Waals surface area contributed by atoms with Crippen molar-refractivity contribution in [2.24, 2.45) is 9.50 Å². The van der Waals surface area contributed by atoms with Crippen LogP contribution in [-0.2, 0) is 29.3 Å². The van der Waals surface area contributed by atoms with E-state index in [0.29, 0.717) is 36.4 Å². The lowest BCUT2D eigenvalue weighted by molar-refractivity contribution is -0.276. The average Bonchev–Trinajstić information content (AvgIpc) is 3.19. The number of rotatable bonds is 4. The molecule has 2 aromatic heterocycles. The molecule has 0 saturated heterocycles. The molecule has 2 amide bonds. The highest BCUT2D eigenvalue weighted by atomic mass is 32.2. The molecule has 0 bridgehead atoms. The van der Waals surface area contributed by atoms with E-state index in [1.807, 2.05) is 6.07 Å². The molecule has 1 unspecified atom stereocenters. The fourth-order valence-corrected chi connectivity index (χ4v) is 4.98.